The molecule has 2 aromatic rings. The number of piperazine rings is 1. The third-order valence-corrected chi connectivity index (χ3v) is 5.27. The first-order chi connectivity index (χ1) is 12.1. The molecule has 1 fully saturated rings. The number of nitrogens with zero attached hydrogens (tertiary/aromatic N) is 2. The monoisotopic (exact) mass is 336 g/mol. The molecule has 0 spiro atoms. The molecule has 2 aromatic carbocycles. The van der Waals surface area contributed by atoms with Gasteiger partial charge in [0, 0.05) is 43.5 Å². The molecule has 3 nitrogen and oxygen atoms in total. The van der Waals surface area contributed by atoms with Crippen LogP contribution >= 0.6 is 0 Å². The molecule has 3 rings (SSSR count). The van der Waals surface area contributed by atoms with Crippen LogP contribution in [0.3, 0.4) is 0 Å². The van der Waals surface area contributed by atoms with E-state index in [1.165, 1.54) is 17.7 Å². The molecule has 1 aliphatic rings. The summed E-state index contributed by atoms with van der Waals surface area (Å²) in [6.45, 7) is 8.27. The van der Waals surface area contributed by atoms with Crippen molar-refractivity contribution in [3.63, 3.8) is 0 Å². The number of benzene rings is 2. The summed E-state index contributed by atoms with van der Waals surface area (Å²) in [5.74, 6) is 0.128. The summed E-state index contributed by atoms with van der Waals surface area (Å²) in [5.41, 5.74) is 3.44. The van der Waals surface area contributed by atoms with Crippen molar-refractivity contribution in [3.8, 4) is 0 Å². The Morgan fingerprint density at radius 3 is 2.20 bits per heavy atom. The maximum atomic E-state index is 11.4. The summed E-state index contributed by atoms with van der Waals surface area (Å²) in [6, 6.07) is 19.4. The van der Waals surface area contributed by atoms with Gasteiger partial charge >= 0.3 is 0 Å². The fraction of sp³-hybridized carbons (Fsp3) is 0.409. The number of hydrogen-bond acceptors (Lipinski definition) is 3. The van der Waals surface area contributed by atoms with Gasteiger partial charge in [-0.2, -0.15) is 0 Å². The summed E-state index contributed by atoms with van der Waals surface area (Å²) in [4.78, 5) is 16.4. The molecule has 0 unspecified atom stereocenters. The molecule has 0 saturated carbocycles. The van der Waals surface area contributed by atoms with Gasteiger partial charge in [0.15, 0.2) is 5.78 Å². The van der Waals surface area contributed by atoms with Crippen molar-refractivity contribution in [2.45, 2.75) is 32.7 Å². The Morgan fingerprint density at radius 1 is 0.960 bits per heavy atom. The van der Waals surface area contributed by atoms with Crippen LogP contribution in [0.1, 0.15) is 36.2 Å². The van der Waals surface area contributed by atoms with Crippen LogP contribution in [0, 0.1) is 0 Å². The molecule has 0 aromatic heterocycles. The van der Waals surface area contributed by atoms with Gasteiger partial charge in [0.2, 0.25) is 0 Å². The molecule has 0 radical (unpaired) electrons. The molecule has 0 N–H and O–H groups in total. The lowest BCUT2D eigenvalue weighted by atomic mass is 10.0. The lowest BCUT2D eigenvalue weighted by molar-refractivity contribution is 0.101. The summed E-state index contributed by atoms with van der Waals surface area (Å²) in [7, 11) is 0. The van der Waals surface area contributed by atoms with Crippen molar-refractivity contribution >= 4 is 11.5 Å². The molecular weight excluding hydrogens is 308 g/mol. The van der Waals surface area contributed by atoms with Crippen molar-refractivity contribution < 1.29 is 4.79 Å². The second-order valence-corrected chi connectivity index (χ2v) is 7.00. The first-order valence-corrected chi connectivity index (χ1v) is 9.27. The summed E-state index contributed by atoms with van der Waals surface area (Å²) in [5, 5.41) is 0. The number of rotatable bonds is 6. The third-order valence-electron chi connectivity index (χ3n) is 5.27. The summed E-state index contributed by atoms with van der Waals surface area (Å²) >= 11 is 0. The largest absolute Gasteiger partial charge is 0.369 e. The minimum atomic E-state index is 0.128. The van der Waals surface area contributed by atoms with Gasteiger partial charge in [-0.15, -0.1) is 0 Å². The van der Waals surface area contributed by atoms with Crippen LogP contribution in [0.25, 0.3) is 0 Å². The van der Waals surface area contributed by atoms with Crippen molar-refractivity contribution in [2.24, 2.45) is 0 Å². The molecule has 25 heavy (non-hydrogen) atoms. The highest BCUT2D eigenvalue weighted by molar-refractivity contribution is 5.94. The molecule has 132 valence electrons. The fourth-order valence-electron chi connectivity index (χ4n) is 3.53. The Labute approximate surface area is 151 Å². The van der Waals surface area contributed by atoms with Crippen molar-refractivity contribution in [2.75, 3.05) is 31.1 Å². The van der Waals surface area contributed by atoms with E-state index in [9.17, 15) is 4.79 Å². The highest BCUT2D eigenvalue weighted by Crippen LogP contribution is 2.19. The van der Waals surface area contributed by atoms with Crippen molar-refractivity contribution in [3.05, 3.63) is 65.7 Å². The number of carbonyl (C=O) groups is 1. The standard InChI is InChI=1S/C22H28N2O/c1-18(8-9-20-6-4-3-5-7-20)23-14-16-24(17-15-23)22-12-10-21(11-13-22)19(2)25/h3-7,10-13,18H,8-9,14-17H2,1-2H3/t18-/m0/s1. The number of carbonyl (C=O) groups excluding carboxylic acids is 1. The van der Waals surface area contributed by atoms with Crippen LogP contribution in [-0.2, 0) is 6.42 Å². The zero-order chi connectivity index (χ0) is 17.6. The van der Waals surface area contributed by atoms with Gasteiger partial charge in [0.05, 0.1) is 0 Å². The van der Waals surface area contributed by atoms with E-state index in [1.54, 1.807) is 6.92 Å². The zero-order valence-electron chi connectivity index (χ0n) is 15.3. The summed E-state index contributed by atoms with van der Waals surface area (Å²) < 4.78 is 0. The van der Waals surface area contributed by atoms with E-state index in [4.69, 9.17) is 0 Å². The van der Waals surface area contributed by atoms with Crippen LogP contribution in [-0.4, -0.2) is 42.9 Å². The van der Waals surface area contributed by atoms with Gasteiger partial charge in [-0.1, -0.05) is 30.3 Å². The molecule has 0 bridgehead atoms. The molecule has 0 aliphatic carbocycles. The lowest BCUT2D eigenvalue weighted by Crippen LogP contribution is -2.49. The minimum absolute atomic E-state index is 0.128. The van der Waals surface area contributed by atoms with E-state index in [0.29, 0.717) is 6.04 Å². The molecule has 1 aliphatic heterocycles. The van der Waals surface area contributed by atoms with E-state index in [2.05, 4.69) is 59.2 Å². The number of ketones is 1. The molecule has 1 heterocycles. The average molecular weight is 336 g/mol. The molecule has 3 heteroatoms. The highest BCUT2D eigenvalue weighted by atomic mass is 16.1. The maximum Gasteiger partial charge on any atom is 0.159 e. The first-order valence-electron chi connectivity index (χ1n) is 9.27. The van der Waals surface area contributed by atoms with Gasteiger partial charge in [-0.05, 0) is 56.5 Å². The van der Waals surface area contributed by atoms with Crippen LogP contribution in [0.15, 0.2) is 54.6 Å². The van der Waals surface area contributed by atoms with Crippen molar-refractivity contribution in [1.82, 2.24) is 4.90 Å². The van der Waals surface area contributed by atoms with Crippen LogP contribution in [0.2, 0.25) is 0 Å². The van der Waals surface area contributed by atoms with E-state index in [-0.39, 0.29) is 5.78 Å². The van der Waals surface area contributed by atoms with E-state index in [0.717, 1.165) is 38.2 Å². The normalized spacial score (nSPS) is 16.6. The quantitative estimate of drug-likeness (QED) is 0.744. The summed E-state index contributed by atoms with van der Waals surface area (Å²) in [6.07, 6.45) is 2.35. The Balaban J connectivity index is 1.48. The van der Waals surface area contributed by atoms with Crippen LogP contribution in [0.5, 0.6) is 0 Å². The molecule has 1 atom stereocenters. The third kappa shape index (κ3) is 4.70. The molecule has 0 amide bonds. The zero-order valence-corrected chi connectivity index (χ0v) is 15.3. The first kappa shape index (κ1) is 17.7. The van der Waals surface area contributed by atoms with E-state index < -0.39 is 0 Å². The molecule has 1 saturated heterocycles. The van der Waals surface area contributed by atoms with Gasteiger partial charge in [-0.3, -0.25) is 9.69 Å². The highest BCUT2D eigenvalue weighted by Gasteiger charge is 2.21. The second-order valence-electron chi connectivity index (χ2n) is 7.00. The Hall–Kier alpha value is -2.13. The Bertz CT molecular complexity index is 673. The topological polar surface area (TPSA) is 23.6 Å². The number of hydrogen-bond donors (Lipinski definition) is 0. The van der Waals surface area contributed by atoms with Crippen molar-refractivity contribution in [1.29, 1.82) is 0 Å². The van der Waals surface area contributed by atoms with Gasteiger partial charge in [-0.25, -0.2) is 0 Å². The van der Waals surface area contributed by atoms with Gasteiger partial charge in [0.1, 0.15) is 0 Å². The second kappa shape index (κ2) is 8.30. The molecular formula is C22H28N2O. The number of anilines is 1. The smallest absolute Gasteiger partial charge is 0.159 e. The minimum Gasteiger partial charge on any atom is -0.369 e. The van der Waals surface area contributed by atoms with Crippen LogP contribution in [0.4, 0.5) is 5.69 Å². The lowest BCUT2D eigenvalue weighted by Gasteiger charge is -2.39. The Kier molecular flexibility index (Phi) is 5.87. The predicted octanol–water partition coefficient (Wildman–Crippen LogP) is 4.03. The van der Waals surface area contributed by atoms with E-state index >= 15 is 0 Å². The van der Waals surface area contributed by atoms with Gasteiger partial charge < -0.3 is 4.90 Å². The van der Waals surface area contributed by atoms with Gasteiger partial charge in [0.25, 0.3) is 0 Å². The number of Topliss-reactive ketones (excluding diaryl/α,β-unsaturated/α-hetero) is 1. The fourth-order valence-corrected chi connectivity index (χ4v) is 3.53. The average Bonchev–Trinajstić information content (AvgIpc) is 2.67. The maximum absolute atomic E-state index is 11.4. The Morgan fingerprint density at radius 2 is 1.60 bits per heavy atom. The van der Waals surface area contributed by atoms with E-state index in [1.807, 2.05) is 12.1 Å². The SMILES string of the molecule is CC(=O)c1ccc(N2CCN([C@@H](C)CCc3ccccc3)CC2)cc1. The number of aryl methyl sites for hydroxylation is 1. The predicted molar refractivity (Wildman–Crippen MR) is 104 cm³/mol. The van der Waals surface area contributed by atoms with Crippen LogP contribution < -0.4 is 4.90 Å².